The van der Waals surface area contributed by atoms with Crippen molar-refractivity contribution < 1.29 is 33.0 Å². The van der Waals surface area contributed by atoms with Gasteiger partial charge in [0.15, 0.2) is 11.6 Å². The first-order chi connectivity index (χ1) is 16.4. The Hall–Kier alpha value is -3.46. The molecule has 0 radical (unpaired) electrons. The Kier molecular flexibility index (Phi) is 7.80. The van der Waals surface area contributed by atoms with Gasteiger partial charge in [0.25, 0.3) is 11.9 Å². The summed E-state index contributed by atoms with van der Waals surface area (Å²) in [5.74, 6) is -4.72. The zero-order valence-corrected chi connectivity index (χ0v) is 20.3. The van der Waals surface area contributed by atoms with Gasteiger partial charge in [0.2, 0.25) is 5.95 Å². The Labute approximate surface area is 210 Å². The molecule has 1 aliphatic rings. The van der Waals surface area contributed by atoms with Crippen LogP contribution in [0.3, 0.4) is 0 Å². The van der Waals surface area contributed by atoms with Crippen LogP contribution >= 0.6 is 22.6 Å². The van der Waals surface area contributed by atoms with Crippen molar-refractivity contribution in [3.8, 4) is 0 Å². The molecule has 0 bridgehead atoms. The monoisotopic (exact) mass is 601 g/mol. The molecule has 13 heteroatoms. The van der Waals surface area contributed by atoms with E-state index in [4.69, 9.17) is 15.6 Å². The van der Waals surface area contributed by atoms with Crippen LogP contribution in [0.4, 0.5) is 30.5 Å². The van der Waals surface area contributed by atoms with E-state index in [1.165, 1.54) is 29.3 Å². The smallest absolute Gasteiger partial charge is 0.300 e. The predicted octanol–water partition coefficient (Wildman–Crippen LogP) is 3.26. The van der Waals surface area contributed by atoms with Crippen LogP contribution in [0.15, 0.2) is 42.6 Å². The number of carboxylic acids is 1. The summed E-state index contributed by atoms with van der Waals surface area (Å²) in [5, 5.41) is 20.6. The quantitative estimate of drug-likeness (QED) is 0.334. The summed E-state index contributed by atoms with van der Waals surface area (Å²) < 4.78 is 43.3. The second kappa shape index (κ2) is 10.4. The first-order valence-electron chi connectivity index (χ1n) is 9.91. The van der Waals surface area contributed by atoms with Crippen molar-refractivity contribution in [2.24, 2.45) is 0 Å². The normalized spacial score (nSPS) is 13.8. The van der Waals surface area contributed by atoms with Gasteiger partial charge in [-0.2, -0.15) is 0 Å². The average Bonchev–Trinajstić information content (AvgIpc) is 2.75. The molecule has 2 aromatic carbocycles. The molecule has 0 spiro atoms. The molecule has 1 aromatic heterocycles. The number of aromatic nitrogens is 2. The highest BCUT2D eigenvalue weighted by atomic mass is 127. The maximum atomic E-state index is 14.6. The molecule has 35 heavy (non-hydrogen) atoms. The number of nitrogens with one attached hydrogen (secondary N) is 1. The van der Waals surface area contributed by atoms with Gasteiger partial charge in [0.1, 0.15) is 11.4 Å². The zero-order valence-electron chi connectivity index (χ0n) is 18.1. The number of hydrogen-bond donors (Lipinski definition) is 4. The Morgan fingerprint density at radius 1 is 1.14 bits per heavy atom. The number of nitrogens with two attached hydrogens (primary N) is 1. The molecule has 0 atom stereocenters. The number of benzene rings is 2. The number of nitrogens with zero attached hydrogens (tertiary/aromatic N) is 3. The lowest BCUT2D eigenvalue weighted by Gasteiger charge is -2.46. The van der Waals surface area contributed by atoms with Gasteiger partial charge in [-0.3, -0.25) is 9.59 Å². The van der Waals surface area contributed by atoms with E-state index < -0.39 is 40.6 Å². The Balaban J connectivity index is 0.000000795. The van der Waals surface area contributed by atoms with Crippen molar-refractivity contribution in [1.82, 2.24) is 14.9 Å². The number of carboxylic acid groups (broad SMARTS) is 1. The number of likely N-dealkylation sites (tertiary alicyclic amines) is 1. The van der Waals surface area contributed by atoms with Gasteiger partial charge in [0.05, 0.1) is 35.7 Å². The lowest BCUT2D eigenvalue weighted by Crippen LogP contribution is -2.61. The maximum absolute atomic E-state index is 14.6. The Bertz CT molecular complexity index is 1280. The lowest BCUT2D eigenvalue weighted by atomic mass is 9.89. The molecule has 0 saturated carbocycles. The number of aliphatic carboxylic acids is 1. The summed E-state index contributed by atoms with van der Waals surface area (Å²) in [6.45, 7) is 0.803. The molecule has 1 saturated heterocycles. The second-order valence-electron chi connectivity index (χ2n) is 7.54. The van der Waals surface area contributed by atoms with Crippen LogP contribution in [0.5, 0.6) is 0 Å². The first-order valence-corrected chi connectivity index (χ1v) is 11.0. The highest BCUT2D eigenvalue weighted by Crippen LogP contribution is 2.35. The van der Waals surface area contributed by atoms with Crippen LogP contribution < -0.4 is 11.1 Å². The molecule has 1 amide bonds. The third-order valence-electron chi connectivity index (χ3n) is 4.86. The van der Waals surface area contributed by atoms with Gasteiger partial charge >= 0.3 is 0 Å². The average molecular weight is 601 g/mol. The third-order valence-corrected chi connectivity index (χ3v) is 5.53. The fourth-order valence-electron chi connectivity index (χ4n) is 3.27. The van der Waals surface area contributed by atoms with E-state index in [9.17, 15) is 23.1 Å². The standard InChI is InChI=1S/C20H15F3IN5O2.C2H4O2/c21-12-3-2-11(17(16(12)23)27-14-4-1-10(24)7-13(14)22)18(30)29-8-20(31,9-29)15-5-6-26-19(25)28-15;1-2(3)4/h1-7,27,31H,8-9H2,(H2,25,26,28);1H3,(H,3,4). The van der Waals surface area contributed by atoms with Crippen molar-refractivity contribution in [1.29, 1.82) is 0 Å². The minimum Gasteiger partial charge on any atom is -0.481 e. The van der Waals surface area contributed by atoms with E-state index in [2.05, 4.69) is 15.3 Å². The van der Waals surface area contributed by atoms with Crippen molar-refractivity contribution in [2.45, 2.75) is 12.5 Å². The molecular weight excluding hydrogens is 582 g/mol. The molecule has 2 heterocycles. The number of hydrogen-bond acceptors (Lipinski definition) is 7. The van der Waals surface area contributed by atoms with Crippen LogP contribution in [0.1, 0.15) is 23.0 Å². The van der Waals surface area contributed by atoms with E-state index in [-0.39, 0.29) is 36.0 Å². The van der Waals surface area contributed by atoms with Gasteiger partial charge in [-0.15, -0.1) is 0 Å². The van der Waals surface area contributed by atoms with Gasteiger partial charge < -0.3 is 26.2 Å². The molecule has 184 valence electrons. The third kappa shape index (κ3) is 5.97. The van der Waals surface area contributed by atoms with E-state index in [0.717, 1.165) is 19.1 Å². The van der Waals surface area contributed by atoms with E-state index in [0.29, 0.717) is 3.57 Å². The van der Waals surface area contributed by atoms with Gasteiger partial charge in [-0.05, 0) is 59.0 Å². The highest BCUT2D eigenvalue weighted by molar-refractivity contribution is 14.1. The summed E-state index contributed by atoms with van der Waals surface area (Å²) in [5.41, 5.74) is 3.52. The summed E-state index contributed by atoms with van der Waals surface area (Å²) in [6, 6.07) is 7.54. The highest BCUT2D eigenvalue weighted by Gasteiger charge is 2.47. The number of halogens is 4. The van der Waals surface area contributed by atoms with Crippen molar-refractivity contribution in [3.63, 3.8) is 0 Å². The summed E-state index contributed by atoms with van der Waals surface area (Å²) >= 11 is 1.91. The van der Waals surface area contributed by atoms with E-state index in [1.807, 2.05) is 22.6 Å². The number of anilines is 3. The van der Waals surface area contributed by atoms with Gasteiger partial charge in [-0.1, -0.05) is 0 Å². The van der Waals surface area contributed by atoms with Crippen LogP contribution in [-0.2, 0) is 10.4 Å². The number of nitrogen functional groups attached to an aromatic ring is 1. The fraction of sp³-hybridized carbons (Fsp3) is 0.182. The molecular formula is C22H19F3IN5O4. The molecule has 4 rings (SSSR count). The largest absolute Gasteiger partial charge is 0.481 e. The molecule has 5 N–H and O–H groups in total. The number of aliphatic hydroxyl groups is 1. The summed E-state index contributed by atoms with van der Waals surface area (Å²) in [7, 11) is 0. The van der Waals surface area contributed by atoms with Crippen LogP contribution in [0.2, 0.25) is 0 Å². The molecule has 1 aliphatic heterocycles. The van der Waals surface area contributed by atoms with Crippen LogP contribution in [-0.4, -0.2) is 50.0 Å². The van der Waals surface area contributed by atoms with Crippen molar-refractivity contribution in [3.05, 3.63) is 74.9 Å². The number of carbonyl (C=O) groups excluding carboxylic acids is 1. The molecule has 0 aliphatic carbocycles. The van der Waals surface area contributed by atoms with E-state index >= 15 is 0 Å². The minimum absolute atomic E-state index is 0.0256. The number of rotatable bonds is 4. The Morgan fingerprint density at radius 2 is 1.80 bits per heavy atom. The Morgan fingerprint density at radius 3 is 2.40 bits per heavy atom. The predicted molar refractivity (Wildman–Crippen MR) is 128 cm³/mol. The van der Waals surface area contributed by atoms with Gasteiger partial charge in [-0.25, -0.2) is 23.1 Å². The van der Waals surface area contributed by atoms with Crippen molar-refractivity contribution >= 4 is 51.8 Å². The molecule has 0 unspecified atom stereocenters. The zero-order chi connectivity index (χ0) is 25.9. The fourth-order valence-corrected chi connectivity index (χ4v) is 3.72. The lowest BCUT2D eigenvalue weighted by molar-refractivity contribution is -0.134. The van der Waals surface area contributed by atoms with Gasteiger partial charge in [0, 0.05) is 16.7 Å². The van der Waals surface area contributed by atoms with Crippen molar-refractivity contribution in [2.75, 3.05) is 24.1 Å². The first kappa shape index (κ1) is 26.2. The number of carbonyl (C=O) groups is 2. The van der Waals surface area contributed by atoms with Crippen LogP contribution in [0, 0.1) is 21.0 Å². The minimum atomic E-state index is -1.44. The number of amides is 1. The topological polar surface area (TPSA) is 142 Å². The second-order valence-corrected chi connectivity index (χ2v) is 8.79. The number of β-amino-alcohol motifs (C(OH)–C–C–N with tert-alkyl or cyclic N) is 1. The SMILES string of the molecule is CC(=O)O.Nc1nccc(C2(O)CN(C(=O)c3ccc(F)c(F)c3Nc3ccc(I)cc3F)C2)n1. The molecule has 3 aromatic rings. The maximum Gasteiger partial charge on any atom is 0.300 e. The van der Waals surface area contributed by atoms with E-state index in [1.54, 1.807) is 6.07 Å². The molecule has 9 nitrogen and oxygen atoms in total. The summed E-state index contributed by atoms with van der Waals surface area (Å²) in [6.07, 6.45) is 1.38. The molecule has 1 fully saturated rings. The van der Waals surface area contributed by atoms with Crippen LogP contribution in [0.25, 0.3) is 0 Å². The summed E-state index contributed by atoms with van der Waals surface area (Å²) in [4.78, 5) is 30.9.